The van der Waals surface area contributed by atoms with Gasteiger partial charge in [-0.25, -0.2) is 9.97 Å². The molecule has 1 saturated heterocycles. The van der Waals surface area contributed by atoms with Crippen molar-refractivity contribution in [2.75, 3.05) is 18.0 Å². The Kier molecular flexibility index (Phi) is 2.55. The van der Waals surface area contributed by atoms with Gasteiger partial charge in [-0.2, -0.15) is 0 Å². The summed E-state index contributed by atoms with van der Waals surface area (Å²) in [5.74, 6) is 1.22. The smallest absolute Gasteiger partial charge is 0.152 e. The highest BCUT2D eigenvalue weighted by Gasteiger charge is 2.21. The van der Waals surface area contributed by atoms with E-state index in [-0.39, 0.29) is 0 Å². The van der Waals surface area contributed by atoms with E-state index < -0.39 is 0 Å². The monoisotopic (exact) mass is 247 g/mol. The molecule has 5 heteroatoms. The van der Waals surface area contributed by atoms with Gasteiger partial charge in [0.1, 0.15) is 12.1 Å². The molecule has 3 heterocycles. The molecule has 0 saturated carbocycles. The lowest BCUT2D eigenvalue weighted by Gasteiger charge is -2.26. The molecule has 0 aliphatic carbocycles. The topological polar surface area (TPSA) is 46.1 Å². The Morgan fingerprint density at radius 1 is 1.41 bits per heavy atom. The second-order valence-electron chi connectivity index (χ2n) is 4.36. The molecule has 0 atom stereocenters. The summed E-state index contributed by atoms with van der Waals surface area (Å²) >= 11 is 1.66. The quantitative estimate of drug-likeness (QED) is 0.774. The Balaban J connectivity index is 2.07. The fourth-order valence-electron chi connectivity index (χ4n) is 2.20. The van der Waals surface area contributed by atoms with Gasteiger partial charge in [-0.1, -0.05) is 0 Å². The van der Waals surface area contributed by atoms with Crippen molar-refractivity contribution in [3.05, 3.63) is 17.3 Å². The molecular formula is C12H13N3OS. The van der Waals surface area contributed by atoms with E-state index >= 15 is 0 Å². The average molecular weight is 247 g/mol. The zero-order valence-electron chi connectivity index (χ0n) is 9.64. The number of aromatic nitrogens is 2. The fraction of sp³-hybridized carbons (Fsp3) is 0.417. The molecule has 0 amide bonds. The van der Waals surface area contributed by atoms with Gasteiger partial charge in [0.05, 0.1) is 16.8 Å². The second-order valence-corrected chi connectivity index (χ2v) is 5.24. The van der Waals surface area contributed by atoms with Gasteiger partial charge in [0.2, 0.25) is 0 Å². The third kappa shape index (κ3) is 1.80. The number of aryl methyl sites for hydroxylation is 1. The lowest BCUT2D eigenvalue weighted by molar-refractivity contribution is -0.118. The number of anilines is 1. The number of fused-ring (bicyclic) bond motifs is 1. The highest BCUT2D eigenvalue weighted by atomic mass is 32.1. The van der Waals surface area contributed by atoms with Crippen LogP contribution in [0.1, 0.15) is 18.4 Å². The van der Waals surface area contributed by atoms with Gasteiger partial charge in [-0.15, -0.1) is 11.3 Å². The maximum absolute atomic E-state index is 11.5. The van der Waals surface area contributed by atoms with Crippen LogP contribution in [0.5, 0.6) is 0 Å². The summed E-state index contributed by atoms with van der Waals surface area (Å²) in [4.78, 5) is 22.2. The van der Waals surface area contributed by atoms with Gasteiger partial charge in [0, 0.05) is 13.0 Å². The summed E-state index contributed by atoms with van der Waals surface area (Å²) in [7, 11) is 0. The predicted octanol–water partition coefficient (Wildman–Crippen LogP) is 2.17. The summed E-state index contributed by atoms with van der Waals surface area (Å²) < 4.78 is 1.10. The third-order valence-corrected chi connectivity index (χ3v) is 4.15. The number of hydrogen-bond donors (Lipinski definition) is 0. The maximum atomic E-state index is 11.5. The van der Waals surface area contributed by atoms with E-state index in [1.54, 1.807) is 17.7 Å². The number of Topliss-reactive ketones (excluding diaryl/α,β-unsaturated/α-hetero) is 1. The number of nitrogens with zero attached hydrogens (tertiary/aromatic N) is 3. The second kappa shape index (κ2) is 4.07. The van der Waals surface area contributed by atoms with Gasteiger partial charge in [-0.05, 0) is 24.3 Å². The van der Waals surface area contributed by atoms with Crippen LogP contribution in [0.4, 0.5) is 5.82 Å². The molecule has 0 N–H and O–H groups in total. The molecule has 1 aliphatic heterocycles. The number of piperidine rings is 1. The summed E-state index contributed by atoms with van der Waals surface area (Å²) in [6.07, 6.45) is 3.22. The third-order valence-electron chi connectivity index (χ3n) is 3.06. The Labute approximate surface area is 103 Å². The standard InChI is InChI=1S/C12H13N3OS/c1-8-6-17-11-10(8)13-7-14-12(11)15-4-2-3-9(16)5-15/h6-7H,2-5H2,1H3. The molecule has 0 radical (unpaired) electrons. The first kappa shape index (κ1) is 10.7. The highest BCUT2D eigenvalue weighted by Crippen LogP contribution is 2.31. The minimum absolute atomic E-state index is 0.302. The van der Waals surface area contributed by atoms with E-state index in [4.69, 9.17) is 0 Å². The Morgan fingerprint density at radius 3 is 3.12 bits per heavy atom. The van der Waals surface area contributed by atoms with Crippen molar-refractivity contribution in [3.63, 3.8) is 0 Å². The minimum Gasteiger partial charge on any atom is -0.348 e. The molecule has 1 fully saturated rings. The van der Waals surface area contributed by atoms with Crippen molar-refractivity contribution in [3.8, 4) is 0 Å². The van der Waals surface area contributed by atoms with Gasteiger partial charge in [-0.3, -0.25) is 4.79 Å². The highest BCUT2D eigenvalue weighted by molar-refractivity contribution is 7.18. The molecule has 2 aromatic rings. The van der Waals surface area contributed by atoms with Crippen LogP contribution < -0.4 is 4.90 Å². The molecule has 2 aromatic heterocycles. The van der Waals surface area contributed by atoms with Crippen LogP contribution in [0.25, 0.3) is 10.2 Å². The number of carbonyl (C=O) groups is 1. The van der Waals surface area contributed by atoms with Crippen molar-refractivity contribution in [1.29, 1.82) is 0 Å². The zero-order valence-corrected chi connectivity index (χ0v) is 10.5. The molecule has 0 aromatic carbocycles. The fourth-order valence-corrected chi connectivity index (χ4v) is 3.22. The van der Waals surface area contributed by atoms with Crippen molar-refractivity contribution in [1.82, 2.24) is 9.97 Å². The lowest BCUT2D eigenvalue weighted by Crippen LogP contribution is -2.36. The summed E-state index contributed by atoms with van der Waals surface area (Å²) in [6, 6.07) is 0. The predicted molar refractivity (Wildman–Crippen MR) is 68.6 cm³/mol. The summed E-state index contributed by atoms with van der Waals surface area (Å²) in [5, 5.41) is 2.09. The van der Waals surface area contributed by atoms with Crippen LogP contribution in [0.2, 0.25) is 0 Å². The van der Waals surface area contributed by atoms with E-state index in [2.05, 4.69) is 27.2 Å². The van der Waals surface area contributed by atoms with E-state index in [9.17, 15) is 4.79 Å². The van der Waals surface area contributed by atoms with Crippen LogP contribution in [-0.4, -0.2) is 28.8 Å². The molecule has 4 nitrogen and oxygen atoms in total. The van der Waals surface area contributed by atoms with Gasteiger partial charge < -0.3 is 4.90 Å². The van der Waals surface area contributed by atoms with Crippen molar-refractivity contribution < 1.29 is 4.79 Å². The van der Waals surface area contributed by atoms with Gasteiger partial charge in [0.25, 0.3) is 0 Å². The Hall–Kier alpha value is -1.49. The normalized spacial score (nSPS) is 16.8. The SMILES string of the molecule is Cc1csc2c(N3CCCC(=O)C3)ncnc12. The molecule has 0 unspecified atom stereocenters. The first-order valence-corrected chi connectivity index (χ1v) is 6.59. The maximum Gasteiger partial charge on any atom is 0.152 e. The Morgan fingerprint density at radius 2 is 2.29 bits per heavy atom. The van der Waals surface area contributed by atoms with Crippen LogP contribution in [0.15, 0.2) is 11.7 Å². The number of hydrogen-bond acceptors (Lipinski definition) is 5. The Bertz CT molecular complexity index is 578. The van der Waals surface area contributed by atoms with Gasteiger partial charge in [0.15, 0.2) is 5.78 Å². The molecule has 0 bridgehead atoms. The van der Waals surface area contributed by atoms with Crippen LogP contribution in [-0.2, 0) is 4.79 Å². The first-order chi connectivity index (χ1) is 8.25. The number of thiophene rings is 1. The first-order valence-electron chi connectivity index (χ1n) is 5.71. The number of ketones is 1. The van der Waals surface area contributed by atoms with Crippen LogP contribution in [0, 0.1) is 6.92 Å². The molecule has 3 rings (SSSR count). The van der Waals surface area contributed by atoms with E-state index in [0.29, 0.717) is 18.7 Å². The van der Waals surface area contributed by atoms with Crippen LogP contribution >= 0.6 is 11.3 Å². The molecule has 1 aliphatic rings. The van der Waals surface area contributed by atoms with Gasteiger partial charge >= 0.3 is 0 Å². The van der Waals surface area contributed by atoms with E-state index in [0.717, 1.165) is 29.0 Å². The molecular weight excluding hydrogens is 234 g/mol. The number of rotatable bonds is 1. The molecule has 88 valence electrons. The van der Waals surface area contributed by atoms with Crippen molar-refractivity contribution >= 4 is 33.2 Å². The molecule has 0 spiro atoms. The molecule has 17 heavy (non-hydrogen) atoms. The summed E-state index contributed by atoms with van der Waals surface area (Å²) in [6.45, 7) is 3.45. The zero-order chi connectivity index (χ0) is 11.8. The van der Waals surface area contributed by atoms with Crippen molar-refractivity contribution in [2.24, 2.45) is 0 Å². The van der Waals surface area contributed by atoms with E-state index in [1.807, 2.05) is 0 Å². The van der Waals surface area contributed by atoms with Crippen LogP contribution in [0.3, 0.4) is 0 Å². The summed E-state index contributed by atoms with van der Waals surface area (Å²) in [5.41, 5.74) is 2.19. The lowest BCUT2D eigenvalue weighted by atomic mass is 10.1. The van der Waals surface area contributed by atoms with Crippen molar-refractivity contribution in [2.45, 2.75) is 19.8 Å². The number of carbonyl (C=O) groups excluding carboxylic acids is 1. The average Bonchev–Trinajstić information content (AvgIpc) is 2.71. The minimum atomic E-state index is 0.302. The largest absolute Gasteiger partial charge is 0.348 e. The van der Waals surface area contributed by atoms with E-state index in [1.165, 1.54) is 5.56 Å².